The lowest BCUT2D eigenvalue weighted by molar-refractivity contribution is -0.0412. The first kappa shape index (κ1) is 28.2. The molecule has 3 aliphatic rings. The summed E-state index contributed by atoms with van der Waals surface area (Å²) in [6.45, 7) is 4.32. The standard InChI is InChI=1S/C32H33FN8O3/c1-20-28(33)25(5-10-35-20)30(42)39-12-6-23(7-13-39)40-18-32(19-40,8-9-34)41-16-22(14-38-41)27-24-4-11-36-29(24)37-15-26(27)31(43)44-17-21-2-3-21/h4-5,10-11,14-16,21,23H,2-3,6-8,12-13,17-19H2,1H3,(H,36,37). The number of halogens is 1. The molecule has 7 rings (SSSR count). The molecule has 4 aromatic heterocycles. The first-order chi connectivity index (χ1) is 21.4. The van der Waals surface area contributed by atoms with Crippen molar-refractivity contribution in [3.8, 4) is 17.2 Å². The number of rotatable bonds is 8. The molecule has 1 saturated carbocycles. The SMILES string of the molecule is Cc1nccc(C(=O)N2CCC(N3CC(CC#N)(n4cc(-c5c(C(=O)OCC6CC6)cnc6[nH]ccc56)cn4)C3)CC2)c1F. The van der Waals surface area contributed by atoms with Crippen LogP contribution in [0.3, 0.4) is 0 Å². The van der Waals surface area contributed by atoms with Gasteiger partial charge in [-0.15, -0.1) is 0 Å². The van der Waals surface area contributed by atoms with E-state index in [9.17, 15) is 19.2 Å². The van der Waals surface area contributed by atoms with Gasteiger partial charge in [-0.2, -0.15) is 10.4 Å². The highest BCUT2D eigenvalue weighted by Gasteiger charge is 2.48. The van der Waals surface area contributed by atoms with Gasteiger partial charge >= 0.3 is 5.97 Å². The molecule has 0 atom stereocenters. The van der Waals surface area contributed by atoms with Crippen LogP contribution in [-0.2, 0) is 10.3 Å². The van der Waals surface area contributed by atoms with E-state index in [1.165, 1.54) is 12.3 Å². The minimum Gasteiger partial charge on any atom is -0.462 e. The van der Waals surface area contributed by atoms with Crippen molar-refractivity contribution in [2.45, 2.75) is 50.6 Å². The first-order valence-electron chi connectivity index (χ1n) is 15.1. The maximum Gasteiger partial charge on any atom is 0.340 e. The van der Waals surface area contributed by atoms with E-state index in [4.69, 9.17) is 9.84 Å². The Hall–Kier alpha value is -4.63. The number of carbonyl (C=O) groups excluding carboxylic acids is 2. The zero-order valence-electron chi connectivity index (χ0n) is 24.5. The molecular formula is C32H33FN8O3. The second kappa shape index (κ2) is 11.1. The Bertz CT molecular complexity index is 1770. The predicted molar refractivity (Wildman–Crippen MR) is 158 cm³/mol. The Morgan fingerprint density at radius 3 is 2.68 bits per heavy atom. The van der Waals surface area contributed by atoms with Gasteiger partial charge < -0.3 is 14.6 Å². The molecule has 0 aromatic carbocycles. The number of likely N-dealkylation sites (tertiary alicyclic amines) is 2. The first-order valence-corrected chi connectivity index (χ1v) is 15.1. The summed E-state index contributed by atoms with van der Waals surface area (Å²) >= 11 is 0. The number of aryl methyl sites for hydroxylation is 1. The number of aromatic nitrogens is 5. The van der Waals surface area contributed by atoms with Crippen LogP contribution in [0.15, 0.2) is 43.1 Å². The van der Waals surface area contributed by atoms with Crippen molar-refractivity contribution in [2.24, 2.45) is 5.92 Å². The average Bonchev–Trinajstić information content (AvgIpc) is 3.49. The van der Waals surface area contributed by atoms with Crippen LogP contribution in [0.25, 0.3) is 22.2 Å². The van der Waals surface area contributed by atoms with Crippen molar-refractivity contribution in [2.75, 3.05) is 32.8 Å². The number of nitrogens with zero attached hydrogens (tertiary/aromatic N) is 7. The number of H-pyrrole nitrogens is 1. The lowest BCUT2D eigenvalue weighted by Gasteiger charge is -2.53. The number of fused-ring (bicyclic) bond motifs is 1. The van der Waals surface area contributed by atoms with Crippen molar-refractivity contribution in [1.82, 2.24) is 34.5 Å². The Labute approximate surface area is 253 Å². The zero-order chi connectivity index (χ0) is 30.4. The molecule has 11 nitrogen and oxygen atoms in total. The third-order valence-electron chi connectivity index (χ3n) is 9.28. The lowest BCUT2D eigenvalue weighted by Crippen LogP contribution is -2.66. The van der Waals surface area contributed by atoms with Gasteiger partial charge in [-0.3, -0.25) is 19.4 Å². The number of piperidine rings is 1. The van der Waals surface area contributed by atoms with E-state index >= 15 is 0 Å². The normalized spacial score (nSPS) is 18.6. The number of aromatic amines is 1. The fourth-order valence-electron chi connectivity index (χ4n) is 6.51. The number of ether oxygens (including phenoxy) is 1. The third kappa shape index (κ3) is 5.01. The fourth-order valence-corrected chi connectivity index (χ4v) is 6.51. The minimum absolute atomic E-state index is 0.0628. The van der Waals surface area contributed by atoms with Crippen molar-refractivity contribution in [3.05, 3.63) is 65.8 Å². The van der Waals surface area contributed by atoms with Crippen LogP contribution in [-0.4, -0.2) is 85.2 Å². The number of esters is 1. The average molecular weight is 597 g/mol. The van der Waals surface area contributed by atoms with E-state index in [1.807, 2.05) is 16.9 Å². The number of pyridine rings is 2. The van der Waals surface area contributed by atoms with Gasteiger partial charge in [0.2, 0.25) is 0 Å². The molecule has 6 heterocycles. The van der Waals surface area contributed by atoms with Crippen LogP contribution in [0.4, 0.5) is 4.39 Å². The van der Waals surface area contributed by atoms with E-state index in [1.54, 1.807) is 30.4 Å². The number of amides is 1. The zero-order valence-corrected chi connectivity index (χ0v) is 24.5. The number of nitriles is 1. The van der Waals surface area contributed by atoms with Crippen LogP contribution >= 0.6 is 0 Å². The number of nitrogens with one attached hydrogen (secondary N) is 1. The van der Waals surface area contributed by atoms with Crippen LogP contribution in [0.2, 0.25) is 0 Å². The van der Waals surface area contributed by atoms with Crippen molar-refractivity contribution >= 4 is 22.9 Å². The maximum absolute atomic E-state index is 14.5. The Kier molecular flexibility index (Phi) is 7.13. The molecule has 3 fully saturated rings. The van der Waals surface area contributed by atoms with Gasteiger partial charge in [-0.1, -0.05) is 0 Å². The van der Waals surface area contributed by atoms with Gasteiger partial charge in [0.05, 0.1) is 42.1 Å². The van der Waals surface area contributed by atoms with Crippen molar-refractivity contribution in [3.63, 3.8) is 0 Å². The molecule has 12 heteroatoms. The summed E-state index contributed by atoms with van der Waals surface area (Å²) in [6, 6.07) is 5.93. The van der Waals surface area contributed by atoms with Crippen LogP contribution in [0.5, 0.6) is 0 Å². The molecule has 0 spiro atoms. The highest BCUT2D eigenvalue weighted by molar-refractivity contribution is 6.06. The van der Waals surface area contributed by atoms with Crippen LogP contribution < -0.4 is 0 Å². The molecule has 226 valence electrons. The second-order valence-corrected chi connectivity index (χ2v) is 12.2. The van der Waals surface area contributed by atoms with Crippen molar-refractivity contribution < 1.29 is 18.7 Å². The molecule has 1 N–H and O–H groups in total. The molecule has 4 aromatic rings. The molecular weight excluding hydrogens is 563 g/mol. The smallest absolute Gasteiger partial charge is 0.340 e. The predicted octanol–water partition coefficient (Wildman–Crippen LogP) is 4.07. The van der Waals surface area contributed by atoms with Gasteiger partial charge in [0, 0.05) is 73.5 Å². The maximum atomic E-state index is 14.5. The lowest BCUT2D eigenvalue weighted by atomic mass is 9.83. The molecule has 0 bridgehead atoms. The van der Waals surface area contributed by atoms with E-state index < -0.39 is 17.3 Å². The molecule has 1 amide bonds. The molecule has 44 heavy (non-hydrogen) atoms. The van der Waals surface area contributed by atoms with Gasteiger partial charge in [0.15, 0.2) is 5.82 Å². The molecule has 0 unspecified atom stereocenters. The molecule has 2 saturated heterocycles. The molecule has 0 radical (unpaired) electrons. The summed E-state index contributed by atoms with van der Waals surface area (Å²) < 4.78 is 22.0. The van der Waals surface area contributed by atoms with Gasteiger partial charge in [-0.05, 0) is 50.7 Å². The summed E-state index contributed by atoms with van der Waals surface area (Å²) in [5.74, 6) is -0.818. The monoisotopic (exact) mass is 596 g/mol. The fraction of sp³-hybridized carbons (Fsp3) is 0.438. The second-order valence-electron chi connectivity index (χ2n) is 12.2. The third-order valence-corrected chi connectivity index (χ3v) is 9.28. The van der Waals surface area contributed by atoms with E-state index in [-0.39, 0.29) is 29.6 Å². The Morgan fingerprint density at radius 1 is 1.14 bits per heavy atom. The Balaban J connectivity index is 1.06. The van der Waals surface area contributed by atoms with Crippen molar-refractivity contribution in [1.29, 1.82) is 5.26 Å². The Morgan fingerprint density at radius 2 is 1.93 bits per heavy atom. The number of hydrogen-bond acceptors (Lipinski definition) is 8. The van der Waals surface area contributed by atoms with Crippen LogP contribution in [0, 0.1) is 30.0 Å². The van der Waals surface area contributed by atoms with E-state index in [2.05, 4.69) is 25.9 Å². The summed E-state index contributed by atoms with van der Waals surface area (Å²) in [5, 5.41) is 15.3. The quantitative estimate of drug-likeness (QED) is 0.301. The summed E-state index contributed by atoms with van der Waals surface area (Å²) in [5.41, 5.74) is 2.31. The van der Waals surface area contributed by atoms with Gasteiger partial charge in [0.25, 0.3) is 5.91 Å². The summed E-state index contributed by atoms with van der Waals surface area (Å²) in [4.78, 5) is 41.6. The molecule has 1 aliphatic carbocycles. The van der Waals surface area contributed by atoms with Crippen LogP contribution in [0.1, 0.15) is 58.5 Å². The highest BCUT2D eigenvalue weighted by Crippen LogP contribution is 2.39. The largest absolute Gasteiger partial charge is 0.462 e. The number of hydrogen-bond donors (Lipinski definition) is 1. The van der Waals surface area contributed by atoms with E-state index in [0.717, 1.165) is 36.6 Å². The summed E-state index contributed by atoms with van der Waals surface area (Å²) in [6.07, 6.45) is 12.5. The minimum atomic E-state index is -0.562. The number of carbonyl (C=O) groups is 2. The highest BCUT2D eigenvalue weighted by atomic mass is 19.1. The van der Waals surface area contributed by atoms with Gasteiger partial charge in [0.1, 0.15) is 11.2 Å². The van der Waals surface area contributed by atoms with E-state index in [0.29, 0.717) is 55.5 Å². The topological polar surface area (TPSA) is 133 Å². The van der Waals surface area contributed by atoms with Gasteiger partial charge in [-0.25, -0.2) is 14.2 Å². The molecule has 2 aliphatic heterocycles. The summed E-state index contributed by atoms with van der Waals surface area (Å²) in [7, 11) is 0.